The third-order valence-electron chi connectivity index (χ3n) is 6.08. The number of amides is 2. The van der Waals surface area contributed by atoms with E-state index in [2.05, 4.69) is 10.6 Å². The SMILES string of the molecule is Cc1ccc2occ(CC(=O)Nc3sc4c(c3C(=O)NC[C@@H]3CCCO3)CCC4)c2c1. The number of nitrogens with one attached hydrogen (secondary N) is 2. The van der Waals surface area contributed by atoms with E-state index in [1.165, 1.54) is 16.2 Å². The maximum absolute atomic E-state index is 13.0. The van der Waals surface area contributed by atoms with Crippen molar-refractivity contribution in [3.63, 3.8) is 0 Å². The number of benzene rings is 1. The van der Waals surface area contributed by atoms with E-state index in [-0.39, 0.29) is 24.3 Å². The highest BCUT2D eigenvalue weighted by molar-refractivity contribution is 7.17. The van der Waals surface area contributed by atoms with Gasteiger partial charge in [0.25, 0.3) is 5.91 Å². The van der Waals surface area contributed by atoms with Gasteiger partial charge >= 0.3 is 0 Å². The summed E-state index contributed by atoms with van der Waals surface area (Å²) in [6.07, 6.45) is 6.86. The van der Waals surface area contributed by atoms with E-state index in [1.54, 1.807) is 6.26 Å². The van der Waals surface area contributed by atoms with Crippen LogP contribution < -0.4 is 10.6 Å². The molecule has 6 nitrogen and oxygen atoms in total. The van der Waals surface area contributed by atoms with Crippen LogP contribution in [0.3, 0.4) is 0 Å². The molecule has 0 radical (unpaired) electrons. The third-order valence-corrected chi connectivity index (χ3v) is 7.28. The Bertz CT molecular complexity index is 1140. The average molecular weight is 439 g/mol. The predicted molar refractivity (Wildman–Crippen MR) is 121 cm³/mol. The average Bonchev–Trinajstić information content (AvgIpc) is 3.51. The van der Waals surface area contributed by atoms with E-state index in [0.29, 0.717) is 17.1 Å². The van der Waals surface area contributed by atoms with Gasteiger partial charge in [0.05, 0.1) is 24.4 Å². The van der Waals surface area contributed by atoms with Gasteiger partial charge in [-0.3, -0.25) is 9.59 Å². The number of thiophene rings is 1. The Morgan fingerprint density at radius 3 is 2.97 bits per heavy atom. The van der Waals surface area contributed by atoms with Crippen molar-refractivity contribution < 1.29 is 18.7 Å². The van der Waals surface area contributed by atoms with E-state index < -0.39 is 0 Å². The van der Waals surface area contributed by atoms with Crippen LogP contribution in [0.1, 0.15) is 51.2 Å². The number of hydrogen-bond donors (Lipinski definition) is 2. The Hall–Kier alpha value is -2.64. The zero-order valence-corrected chi connectivity index (χ0v) is 18.4. The highest BCUT2D eigenvalue weighted by Gasteiger charge is 2.28. The fourth-order valence-electron chi connectivity index (χ4n) is 4.51. The smallest absolute Gasteiger partial charge is 0.254 e. The summed E-state index contributed by atoms with van der Waals surface area (Å²) >= 11 is 1.53. The first-order chi connectivity index (χ1) is 15.1. The van der Waals surface area contributed by atoms with Gasteiger partial charge in [0.2, 0.25) is 5.91 Å². The summed E-state index contributed by atoms with van der Waals surface area (Å²) in [6.45, 7) is 3.29. The van der Waals surface area contributed by atoms with E-state index >= 15 is 0 Å². The molecular weight excluding hydrogens is 412 g/mol. The molecule has 1 atom stereocenters. The number of fused-ring (bicyclic) bond motifs is 2. The second kappa shape index (κ2) is 8.48. The van der Waals surface area contributed by atoms with Crippen molar-refractivity contribution in [1.82, 2.24) is 5.32 Å². The zero-order chi connectivity index (χ0) is 21.4. The number of hydrogen-bond acceptors (Lipinski definition) is 5. The second-order valence-electron chi connectivity index (χ2n) is 8.39. The summed E-state index contributed by atoms with van der Waals surface area (Å²) in [7, 11) is 0. The summed E-state index contributed by atoms with van der Waals surface area (Å²) in [6, 6.07) is 5.95. The van der Waals surface area contributed by atoms with Crippen LogP contribution in [0.25, 0.3) is 11.0 Å². The number of carbonyl (C=O) groups excluding carboxylic acids is 2. The Balaban J connectivity index is 1.33. The minimum atomic E-state index is -0.141. The minimum Gasteiger partial charge on any atom is -0.464 e. The maximum Gasteiger partial charge on any atom is 0.254 e. The lowest BCUT2D eigenvalue weighted by atomic mass is 10.1. The molecule has 0 bridgehead atoms. The number of furan rings is 1. The molecule has 1 aromatic carbocycles. The van der Waals surface area contributed by atoms with Gasteiger partial charge in [0.1, 0.15) is 10.6 Å². The molecule has 7 heteroatoms. The van der Waals surface area contributed by atoms with E-state index in [0.717, 1.165) is 66.4 Å². The molecule has 31 heavy (non-hydrogen) atoms. The molecule has 2 amide bonds. The molecule has 1 aliphatic carbocycles. The number of carbonyl (C=O) groups is 2. The molecular formula is C24H26N2O4S. The first-order valence-corrected chi connectivity index (χ1v) is 11.7. The van der Waals surface area contributed by atoms with Gasteiger partial charge in [-0.1, -0.05) is 11.6 Å². The molecule has 0 unspecified atom stereocenters. The van der Waals surface area contributed by atoms with Crippen LogP contribution in [-0.4, -0.2) is 31.1 Å². The zero-order valence-electron chi connectivity index (χ0n) is 17.6. The summed E-state index contributed by atoms with van der Waals surface area (Å²) in [5.41, 5.74) is 4.48. The third kappa shape index (κ3) is 4.12. The molecule has 1 saturated heterocycles. The molecule has 3 aromatic rings. The molecule has 0 saturated carbocycles. The highest BCUT2D eigenvalue weighted by atomic mass is 32.1. The van der Waals surface area contributed by atoms with Crippen LogP contribution in [0.4, 0.5) is 5.00 Å². The second-order valence-corrected chi connectivity index (χ2v) is 9.50. The van der Waals surface area contributed by atoms with Crippen molar-refractivity contribution in [2.75, 3.05) is 18.5 Å². The number of aryl methyl sites for hydroxylation is 2. The number of anilines is 1. The predicted octanol–water partition coefficient (Wildman–Crippen LogP) is 4.38. The van der Waals surface area contributed by atoms with Gasteiger partial charge in [-0.05, 0) is 56.7 Å². The van der Waals surface area contributed by atoms with Gasteiger partial charge < -0.3 is 19.8 Å². The van der Waals surface area contributed by atoms with Gasteiger partial charge in [-0.15, -0.1) is 11.3 Å². The van der Waals surface area contributed by atoms with Crippen molar-refractivity contribution in [2.45, 2.75) is 51.6 Å². The van der Waals surface area contributed by atoms with Crippen LogP contribution in [0, 0.1) is 6.92 Å². The van der Waals surface area contributed by atoms with Crippen molar-refractivity contribution in [3.05, 3.63) is 51.6 Å². The van der Waals surface area contributed by atoms with Crippen molar-refractivity contribution in [3.8, 4) is 0 Å². The van der Waals surface area contributed by atoms with Gasteiger partial charge in [-0.25, -0.2) is 0 Å². The first-order valence-electron chi connectivity index (χ1n) is 10.9. The van der Waals surface area contributed by atoms with Crippen molar-refractivity contribution in [2.24, 2.45) is 0 Å². The molecule has 0 spiro atoms. The Kier molecular flexibility index (Phi) is 5.54. The Morgan fingerprint density at radius 2 is 2.13 bits per heavy atom. The van der Waals surface area contributed by atoms with Gasteiger partial charge in [-0.2, -0.15) is 0 Å². The summed E-state index contributed by atoms with van der Waals surface area (Å²) < 4.78 is 11.2. The minimum absolute atomic E-state index is 0.0894. The lowest BCUT2D eigenvalue weighted by molar-refractivity contribution is -0.115. The van der Waals surface area contributed by atoms with E-state index in [1.807, 2.05) is 25.1 Å². The standard InChI is InChI=1S/C24H26N2O4S/c1-14-7-8-19-18(10-14)15(13-30-19)11-21(27)26-24-22(17-5-2-6-20(17)31-24)23(28)25-12-16-4-3-9-29-16/h7-8,10,13,16H,2-6,9,11-12H2,1H3,(H,25,28)(H,26,27)/t16-/m0/s1. The molecule has 2 aromatic heterocycles. The lowest BCUT2D eigenvalue weighted by Gasteiger charge is -2.12. The maximum atomic E-state index is 13.0. The summed E-state index contributed by atoms with van der Waals surface area (Å²) in [5, 5.41) is 7.65. The Morgan fingerprint density at radius 1 is 1.23 bits per heavy atom. The lowest BCUT2D eigenvalue weighted by Crippen LogP contribution is -2.32. The molecule has 1 aliphatic heterocycles. The largest absolute Gasteiger partial charge is 0.464 e. The molecule has 2 aliphatic rings. The number of rotatable bonds is 6. The van der Waals surface area contributed by atoms with Crippen LogP contribution in [0.15, 0.2) is 28.9 Å². The topological polar surface area (TPSA) is 80.6 Å². The van der Waals surface area contributed by atoms with Crippen LogP contribution in [-0.2, 0) is 28.8 Å². The molecule has 3 heterocycles. The summed E-state index contributed by atoms with van der Waals surface area (Å²) in [5.74, 6) is -0.258. The first kappa shape index (κ1) is 20.3. The molecule has 1 fully saturated rings. The quantitative estimate of drug-likeness (QED) is 0.598. The molecule has 2 N–H and O–H groups in total. The van der Waals surface area contributed by atoms with Crippen LogP contribution in [0.5, 0.6) is 0 Å². The summed E-state index contributed by atoms with van der Waals surface area (Å²) in [4.78, 5) is 27.1. The monoisotopic (exact) mass is 438 g/mol. The molecule has 162 valence electrons. The normalized spacial score (nSPS) is 17.8. The van der Waals surface area contributed by atoms with Gasteiger partial charge in [0, 0.05) is 29.0 Å². The highest BCUT2D eigenvalue weighted by Crippen LogP contribution is 2.39. The fourth-order valence-corrected chi connectivity index (χ4v) is 5.81. The van der Waals surface area contributed by atoms with Crippen molar-refractivity contribution >= 4 is 39.1 Å². The number of ether oxygens (including phenoxy) is 1. The Labute approximate surface area is 185 Å². The van der Waals surface area contributed by atoms with E-state index in [4.69, 9.17) is 9.15 Å². The van der Waals surface area contributed by atoms with Crippen molar-refractivity contribution in [1.29, 1.82) is 0 Å². The van der Waals surface area contributed by atoms with Gasteiger partial charge in [0.15, 0.2) is 0 Å². The van der Waals surface area contributed by atoms with Crippen LogP contribution in [0.2, 0.25) is 0 Å². The van der Waals surface area contributed by atoms with Crippen LogP contribution >= 0.6 is 11.3 Å². The molecule has 5 rings (SSSR count). The van der Waals surface area contributed by atoms with E-state index in [9.17, 15) is 9.59 Å². The fraction of sp³-hybridized carbons (Fsp3) is 0.417.